The topological polar surface area (TPSA) is 52.9 Å². The van der Waals surface area contributed by atoms with Crippen LogP contribution in [0.1, 0.15) is 38.1 Å². The number of carbonyl (C=O) groups is 1. The highest BCUT2D eigenvalue weighted by Gasteiger charge is 2.23. The highest BCUT2D eigenvalue weighted by atomic mass is 32.1. The van der Waals surface area contributed by atoms with Gasteiger partial charge in [-0.3, -0.25) is 4.79 Å². The number of nitrogens with one attached hydrogen (secondary N) is 1. The summed E-state index contributed by atoms with van der Waals surface area (Å²) in [6.07, 6.45) is 0.553. The van der Waals surface area contributed by atoms with Gasteiger partial charge in [-0.05, 0) is 23.8 Å². The summed E-state index contributed by atoms with van der Waals surface area (Å²) < 4.78 is 0. The summed E-state index contributed by atoms with van der Waals surface area (Å²) in [6, 6.07) is 6.03. The maximum atomic E-state index is 11.9. The Morgan fingerprint density at radius 1 is 1.59 bits per heavy atom. The second-order valence-corrected chi connectivity index (χ2v) is 5.31. The van der Waals surface area contributed by atoms with Crippen LogP contribution in [-0.4, -0.2) is 5.91 Å². The zero-order valence-electron chi connectivity index (χ0n) is 10.4. The number of thiophene rings is 1. The first-order valence-corrected chi connectivity index (χ1v) is 6.71. The first kappa shape index (κ1) is 13.7. The van der Waals surface area contributed by atoms with Crippen LogP contribution in [0.15, 0.2) is 17.5 Å². The Balaban J connectivity index is 2.76. The van der Waals surface area contributed by atoms with Crippen LogP contribution in [0.25, 0.3) is 0 Å². The number of nitrogens with zero attached hydrogens (tertiary/aromatic N) is 1. The molecule has 1 rings (SSSR count). The normalized spacial score (nSPS) is 14.1. The zero-order chi connectivity index (χ0) is 12.8. The molecule has 0 spiro atoms. The molecule has 0 saturated carbocycles. The van der Waals surface area contributed by atoms with Gasteiger partial charge in [0.05, 0.1) is 12.1 Å². The average Bonchev–Trinajstić information content (AvgIpc) is 2.80. The summed E-state index contributed by atoms with van der Waals surface area (Å²) in [4.78, 5) is 13.0. The lowest BCUT2D eigenvalue weighted by Crippen LogP contribution is -2.35. The monoisotopic (exact) mass is 250 g/mol. The summed E-state index contributed by atoms with van der Waals surface area (Å²) in [5.41, 5.74) is 0. The molecule has 0 saturated heterocycles. The maximum absolute atomic E-state index is 11.9. The van der Waals surface area contributed by atoms with Crippen molar-refractivity contribution >= 4 is 17.2 Å². The third-order valence-corrected chi connectivity index (χ3v) is 3.65. The number of hydrogen-bond acceptors (Lipinski definition) is 3. The fourth-order valence-corrected chi connectivity index (χ4v) is 2.57. The predicted octanol–water partition coefficient (Wildman–Crippen LogP) is 3.11. The Bertz CT molecular complexity index is 392. The highest BCUT2D eigenvalue weighted by molar-refractivity contribution is 7.10. The van der Waals surface area contributed by atoms with E-state index in [0.717, 1.165) is 4.88 Å². The summed E-state index contributed by atoms with van der Waals surface area (Å²) in [6.45, 7) is 5.99. The fraction of sp³-hybridized carbons (Fsp3) is 0.538. The molecule has 0 aromatic carbocycles. The first-order chi connectivity index (χ1) is 8.10. The number of nitriles is 1. The van der Waals surface area contributed by atoms with Gasteiger partial charge < -0.3 is 5.32 Å². The molecular weight excluding hydrogens is 232 g/mol. The van der Waals surface area contributed by atoms with E-state index in [9.17, 15) is 4.79 Å². The molecule has 2 atom stereocenters. The Hall–Kier alpha value is -1.34. The van der Waals surface area contributed by atoms with Gasteiger partial charge in [0.2, 0.25) is 5.91 Å². The lowest BCUT2D eigenvalue weighted by molar-refractivity contribution is -0.124. The number of carbonyl (C=O) groups excluding carboxylic acids is 1. The quantitative estimate of drug-likeness (QED) is 0.873. The number of amides is 1. The van der Waals surface area contributed by atoms with Gasteiger partial charge in [-0.15, -0.1) is 11.3 Å². The van der Waals surface area contributed by atoms with Crippen molar-refractivity contribution in [1.29, 1.82) is 5.26 Å². The molecule has 0 aliphatic heterocycles. The Labute approximate surface area is 106 Å². The minimum Gasteiger partial charge on any atom is -0.347 e. The van der Waals surface area contributed by atoms with Gasteiger partial charge in [0, 0.05) is 4.88 Å². The van der Waals surface area contributed by atoms with Crippen molar-refractivity contribution in [2.75, 3.05) is 0 Å². The minimum atomic E-state index is -0.545. The molecule has 17 heavy (non-hydrogen) atoms. The van der Waals surface area contributed by atoms with Crippen molar-refractivity contribution in [3.05, 3.63) is 22.4 Å². The van der Waals surface area contributed by atoms with Crippen molar-refractivity contribution in [3.63, 3.8) is 0 Å². The van der Waals surface area contributed by atoms with Gasteiger partial charge in [0.15, 0.2) is 0 Å². The standard InChI is InChI=1S/C13H18N2OS/c1-4-10(8-14)13(16)15-12(9(2)3)11-6-5-7-17-11/h5-7,9-10,12H,4H2,1-3H3,(H,15,16). The van der Waals surface area contributed by atoms with Crippen LogP contribution in [0.4, 0.5) is 0 Å². The summed E-state index contributed by atoms with van der Waals surface area (Å²) in [5, 5.41) is 13.8. The molecule has 0 bridgehead atoms. The lowest BCUT2D eigenvalue weighted by atomic mass is 10.0. The van der Waals surface area contributed by atoms with E-state index in [1.165, 1.54) is 0 Å². The first-order valence-electron chi connectivity index (χ1n) is 5.83. The SMILES string of the molecule is CCC(C#N)C(=O)NC(c1cccs1)C(C)C. The minimum absolute atomic E-state index is 0.00454. The third kappa shape index (κ3) is 3.57. The molecule has 1 amide bonds. The van der Waals surface area contributed by atoms with Crippen LogP contribution in [-0.2, 0) is 4.79 Å². The van der Waals surface area contributed by atoms with E-state index in [-0.39, 0.29) is 11.9 Å². The zero-order valence-corrected chi connectivity index (χ0v) is 11.3. The maximum Gasteiger partial charge on any atom is 0.237 e. The molecule has 4 heteroatoms. The van der Waals surface area contributed by atoms with Gasteiger partial charge in [-0.25, -0.2) is 0 Å². The van der Waals surface area contributed by atoms with E-state index >= 15 is 0 Å². The smallest absolute Gasteiger partial charge is 0.237 e. The predicted molar refractivity (Wildman–Crippen MR) is 69.4 cm³/mol. The second-order valence-electron chi connectivity index (χ2n) is 4.34. The van der Waals surface area contributed by atoms with Gasteiger partial charge >= 0.3 is 0 Å². The van der Waals surface area contributed by atoms with E-state index in [0.29, 0.717) is 12.3 Å². The van der Waals surface area contributed by atoms with Gasteiger partial charge in [0.1, 0.15) is 5.92 Å². The van der Waals surface area contributed by atoms with Gasteiger partial charge in [-0.1, -0.05) is 26.8 Å². The molecule has 0 radical (unpaired) electrons. The molecule has 3 nitrogen and oxygen atoms in total. The highest BCUT2D eigenvalue weighted by Crippen LogP contribution is 2.26. The summed E-state index contributed by atoms with van der Waals surface area (Å²) >= 11 is 1.63. The average molecular weight is 250 g/mol. The van der Waals surface area contributed by atoms with E-state index in [1.807, 2.05) is 30.5 Å². The molecule has 2 unspecified atom stereocenters. The van der Waals surface area contributed by atoms with Gasteiger partial charge in [-0.2, -0.15) is 5.26 Å². The molecule has 0 fully saturated rings. The summed E-state index contributed by atoms with van der Waals surface area (Å²) in [7, 11) is 0. The van der Waals surface area contributed by atoms with Crippen molar-refractivity contribution in [2.24, 2.45) is 11.8 Å². The van der Waals surface area contributed by atoms with Crippen molar-refractivity contribution in [1.82, 2.24) is 5.32 Å². The molecule has 1 heterocycles. The molecule has 1 aromatic rings. The molecular formula is C13H18N2OS. The molecule has 1 aromatic heterocycles. The summed E-state index contributed by atoms with van der Waals surface area (Å²) in [5.74, 6) is -0.396. The largest absolute Gasteiger partial charge is 0.347 e. The second kappa shape index (κ2) is 6.41. The van der Waals surface area contributed by atoms with E-state index in [2.05, 4.69) is 19.2 Å². The van der Waals surface area contributed by atoms with E-state index in [4.69, 9.17) is 5.26 Å². The van der Waals surface area contributed by atoms with Crippen LogP contribution >= 0.6 is 11.3 Å². The van der Waals surface area contributed by atoms with Crippen molar-refractivity contribution < 1.29 is 4.79 Å². The van der Waals surface area contributed by atoms with E-state index in [1.54, 1.807) is 11.3 Å². The van der Waals surface area contributed by atoms with E-state index < -0.39 is 5.92 Å². The Morgan fingerprint density at radius 2 is 2.29 bits per heavy atom. The van der Waals surface area contributed by atoms with Crippen LogP contribution < -0.4 is 5.32 Å². The molecule has 1 N–H and O–H groups in total. The van der Waals surface area contributed by atoms with Crippen LogP contribution in [0.3, 0.4) is 0 Å². The van der Waals surface area contributed by atoms with Crippen molar-refractivity contribution in [3.8, 4) is 6.07 Å². The lowest BCUT2D eigenvalue weighted by Gasteiger charge is -2.22. The molecule has 0 aliphatic rings. The Kier molecular flexibility index (Phi) is 5.17. The van der Waals surface area contributed by atoms with Crippen LogP contribution in [0, 0.1) is 23.2 Å². The number of rotatable bonds is 5. The van der Waals surface area contributed by atoms with Gasteiger partial charge in [0.25, 0.3) is 0 Å². The Morgan fingerprint density at radius 3 is 2.71 bits per heavy atom. The third-order valence-electron chi connectivity index (χ3n) is 2.69. The molecule has 0 aliphatic carbocycles. The van der Waals surface area contributed by atoms with Crippen LogP contribution in [0.5, 0.6) is 0 Å². The van der Waals surface area contributed by atoms with Crippen molar-refractivity contribution in [2.45, 2.75) is 33.2 Å². The fourth-order valence-electron chi connectivity index (χ4n) is 1.62. The number of hydrogen-bond donors (Lipinski definition) is 1. The van der Waals surface area contributed by atoms with Crippen LogP contribution in [0.2, 0.25) is 0 Å². The molecule has 92 valence electrons.